The number of hydrogen-bond acceptors (Lipinski definition) is 4. The number of primary amides is 1. The van der Waals surface area contributed by atoms with Crippen LogP contribution in [0.3, 0.4) is 0 Å². The number of rotatable bonds is 7. The van der Waals surface area contributed by atoms with Crippen molar-refractivity contribution in [1.29, 1.82) is 0 Å². The monoisotopic (exact) mass is 282 g/mol. The third-order valence-corrected chi connectivity index (χ3v) is 4.75. The van der Waals surface area contributed by atoms with Crippen LogP contribution in [0.5, 0.6) is 0 Å². The van der Waals surface area contributed by atoms with Gasteiger partial charge in [-0.2, -0.15) is 0 Å². The largest absolute Gasteiger partial charge is 0.368 e. The Balaban J connectivity index is 1.86. The zero-order valence-electron chi connectivity index (χ0n) is 13.0. The Morgan fingerprint density at radius 1 is 1.35 bits per heavy atom. The van der Waals surface area contributed by atoms with Crippen LogP contribution in [0.1, 0.15) is 39.5 Å². The molecular formula is C15H30N4O. The minimum absolute atomic E-state index is 0.240. The van der Waals surface area contributed by atoms with Gasteiger partial charge in [-0.25, -0.2) is 0 Å². The molecule has 0 aromatic carbocycles. The molecule has 0 radical (unpaired) electrons. The van der Waals surface area contributed by atoms with Gasteiger partial charge in [0.05, 0.1) is 0 Å². The van der Waals surface area contributed by atoms with E-state index in [2.05, 4.69) is 22.0 Å². The molecule has 2 aliphatic rings. The normalized spacial score (nSPS) is 27.8. The van der Waals surface area contributed by atoms with Crippen LogP contribution in [0, 0.1) is 0 Å². The number of hydrogen-bond donors (Lipinski definition) is 2. The van der Waals surface area contributed by atoms with Gasteiger partial charge in [0, 0.05) is 19.1 Å². The summed E-state index contributed by atoms with van der Waals surface area (Å²) in [5, 5.41) is 3.33. The van der Waals surface area contributed by atoms with E-state index in [0.717, 1.165) is 32.6 Å². The highest BCUT2D eigenvalue weighted by Crippen LogP contribution is 2.21. The summed E-state index contributed by atoms with van der Waals surface area (Å²) in [6.45, 7) is 10.3. The van der Waals surface area contributed by atoms with Crippen LogP contribution >= 0.6 is 0 Å². The predicted molar refractivity (Wildman–Crippen MR) is 81.5 cm³/mol. The molecule has 2 saturated heterocycles. The van der Waals surface area contributed by atoms with Crippen LogP contribution in [0.2, 0.25) is 0 Å². The van der Waals surface area contributed by atoms with Gasteiger partial charge in [-0.3, -0.25) is 14.6 Å². The maximum Gasteiger partial charge on any atom is 0.238 e. The maximum atomic E-state index is 11.8. The van der Waals surface area contributed by atoms with Crippen molar-refractivity contribution in [2.45, 2.75) is 51.1 Å². The van der Waals surface area contributed by atoms with Gasteiger partial charge in [0.2, 0.25) is 5.91 Å². The minimum Gasteiger partial charge on any atom is -0.368 e. The first-order chi connectivity index (χ1) is 9.55. The molecule has 0 spiro atoms. The zero-order chi connectivity index (χ0) is 14.6. The molecule has 0 saturated carbocycles. The third-order valence-electron chi connectivity index (χ3n) is 4.75. The highest BCUT2D eigenvalue weighted by atomic mass is 16.1. The fraction of sp³-hybridized carbons (Fsp3) is 0.933. The molecule has 2 aliphatic heterocycles. The van der Waals surface area contributed by atoms with Gasteiger partial charge >= 0.3 is 0 Å². The van der Waals surface area contributed by atoms with Crippen molar-refractivity contribution >= 4 is 5.91 Å². The lowest BCUT2D eigenvalue weighted by Crippen LogP contribution is -2.59. The Kier molecular flexibility index (Phi) is 5.41. The molecule has 2 atom stereocenters. The molecule has 2 rings (SSSR count). The van der Waals surface area contributed by atoms with Gasteiger partial charge in [-0.05, 0) is 58.8 Å². The Morgan fingerprint density at radius 2 is 2.05 bits per heavy atom. The van der Waals surface area contributed by atoms with E-state index in [4.69, 9.17) is 5.73 Å². The second kappa shape index (κ2) is 6.87. The van der Waals surface area contributed by atoms with Gasteiger partial charge in [-0.1, -0.05) is 6.92 Å². The first-order valence-corrected chi connectivity index (χ1v) is 8.06. The van der Waals surface area contributed by atoms with Crippen molar-refractivity contribution in [2.24, 2.45) is 5.73 Å². The number of nitrogens with zero attached hydrogens (tertiary/aromatic N) is 2. The number of nitrogens with two attached hydrogens (primary N) is 1. The van der Waals surface area contributed by atoms with Crippen LogP contribution in [0.15, 0.2) is 0 Å². The van der Waals surface area contributed by atoms with E-state index in [9.17, 15) is 4.79 Å². The number of nitrogens with one attached hydrogen (secondary N) is 1. The zero-order valence-corrected chi connectivity index (χ0v) is 13.0. The SMILES string of the molecule is CCCNC(C)(CN1CCC(N2CCCC2)C1)C(N)=O. The Morgan fingerprint density at radius 3 is 2.65 bits per heavy atom. The maximum absolute atomic E-state index is 11.8. The first kappa shape index (κ1) is 15.7. The molecule has 116 valence electrons. The summed E-state index contributed by atoms with van der Waals surface area (Å²) in [4.78, 5) is 16.8. The van der Waals surface area contributed by atoms with Crippen LogP contribution in [0.25, 0.3) is 0 Å². The lowest BCUT2D eigenvalue weighted by atomic mass is 10.0. The van der Waals surface area contributed by atoms with E-state index in [1.54, 1.807) is 0 Å². The molecule has 2 fully saturated rings. The summed E-state index contributed by atoms with van der Waals surface area (Å²) in [6.07, 6.45) is 4.92. The highest BCUT2D eigenvalue weighted by molar-refractivity contribution is 5.84. The van der Waals surface area contributed by atoms with Crippen molar-refractivity contribution in [3.05, 3.63) is 0 Å². The molecule has 0 aromatic rings. The van der Waals surface area contributed by atoms with Gasteiger partial charge < -0.3 is 11.1 Å². The molecular weight excluding hydrogens is 252 g/mol. The van der Waals surface area contributed by atoms with Gasteiger partial charge in [0.15, 0.2) is 0 Å². The molecule has 2 heterocycles. The molecule has 5 nitrogen and oxygen atoms in total. The van der Waals surface area contributed by atoms with E-state index in [-0.39, 0.29) is 5.91 Å². The average molecular weight is 282 g/mol. The Labute approximate surface area is 122 Å². The second-order valence-corrected chi connectivity index (χ2v) is 6.54. The lowest BCUT2D eigenvalue weighted by Gasteiger charge is -2.32. The Hall–Kier alpha value is -0.650. The smallest absolute Gasteiger partial charge is 0.238 e. The standard InChI is InChI=1S/C15H30N4O/c1-3-7-17-15(2,14(16)20)12-18-10-6-13(11-18)19-8-4-5-9-19/h13,17H,3-12H2,1-2H3,(H2,16,20). The fourth-order valence-corrected chi connectivity index (χ4v) is 3.43. The molecule has 0 aromatic heterocycles. The highest BCUT2D eigenvalue weighted by Gasteiger charge is 2.36. The van der Waals surface area contributed by atoms with Crippen molar-refractivity contribution in [2.75, 3.05) is 39.3 Å². The van der Waals surface area contributed by atoms with Crippen molar-refractivity contribution in [1.82, 2.24) is 15.1 Å². The number of amides is 1. The van der Waals surface area contributed by atoms with Crippen molar-refractivity contribution < 1.29 is 4.79 Å². The first-order valence-electron chi connectivity index (χ1n) is 8.06. The van der Waals surface area contributed by atoms with E-state index < -0.39 is 5.54 Å². The van der Waals surface area contributed by atoms with Crippen LogP contribution in [-0.4, -0.2) is 66.6 Å². The molecule has 5 heteroatoms. The second-order valence-electron chi connectivity index (χ2n) is 6.54. The minimum atomic E-state index is -0.601. The Bertz CT molecular complexity index is 330. The number of likely N-dealkylation sites (tertiary alicyclic amines) is 2. The summed E-state index contributed by atoms with van der Waals surface area (Å²) in [7, 11) is 0. The summed E-state index contributed by atoms with van der Waals surface area (Å²) in [5.74, 6) is -0.240. The topological polar surface area (TPSA) is 61.6 Å². The molecule has 20 heavy (non-hydrogen) atoms. The van der Waals surface area contributed by atoms with E-state index in [1.807, 2.05) is 6.92 Å². The van der Waals surface area contributed by atoms with E-state index >= 15 is 0 Å². The van der Waals surface area contributed by atoms with Crippen molar-refractivity contribution in [3.8, 4) is 0 Å². The molecule has 1 amide bonds. The quantitative estimate of drug-likeness (QED) is 0.709. The van der Waals surface area contributed by atoms with Gasteiger partial charge in [0.1, 0.15) is 5.54 Å². The van der Waals surface area contributed by atoms with Gasteiger partial charge in [-0.15, -0.1) is 0 Å². The number of carbonyl (C=O) groups is 1. The predicted octanol–water partition coefficient (Wildman–Crippen LogP) is 0.400. The summed E-state index contributed by atoms with van der Waals surface area (Å²) < 4.78 is 0. The van der Waals surface area contributed by atoms with Crippen LogP contribution in [0.4, 0.5) is 0 Å². The molecule has 3 N–H and O–H groups in total. The number of carbonyl (C=O) groups excluding carboxylic acids is 1. The van der Waals surface area contributed by atoms with Crippen LogP contribution in [-0.2, 0) is 4.79 Å². The molecule has 0 bridgehead atoms. The van der Waals surface area contributed by atoms with Gasteiger partial charge in [0.25, 0.3) is 0 Å². The summed E-state index contributed by atoms with van der Waals surface area (Å²) >= 11 is 0. The van der Waals surface area contributed by atoms with E-state index in [0.29, 0.717) is 6.04 Å². The fourth-order valence-electron chi connectivity index (χ4n) is 3.43. The third kappa shape index (κ3) is 3.71. The molecule has 2 unspecified atom stereocenters. The summed E-state index contributed by atoms with van der Waals surface area (Å²) in [5.41, 5.74) is 5.01. The van der Waals surface area contributed by atoms with Crippen LogP contribution < -0.4 is 11.1 Å². The lowest BCUT2D eigenvalue weighted by molar-refractivity contribution is -0.124. The van der Waals surface area contributed by atoms with Crippen molar-refractivity contribution in [3.63, 3.8) is 0 Å². The summed E-state index contributed by atoms with van der Waals surface area (Å²) in [6, 6.07) is 0.681. The molecule has 0 aliphatic carbocycles. The average Bonchev–Trinajstić information content (AvgIpc) is 3.06. The van der Waals surface area contributed by atoms with E-state index in [1.165, 1.54) is 32.4 Å².